The highest BCUT2D eigenvalue weighted by Crippen LogP contribution is 2.37. The maximum Gasteiger partial charge on any atom is 0.220 e. The molecule has 0 spiro atoms. The molecule has 5 heteroatoms. The third kappa shape index (κ3) is 11.3. The molecule has 31 heavy (non-hydrogen) atoms. The average molecular weight is 431 g/mol. The second-order valence-electron chi connectivity index (χ2n) is 9.72. The van der Waals surface area contributed by atoms with Crippen LogP contribution in [0.2, 0.25) is 0 Å². The van der Waals surface area contributed by atoms with Crippen molar-refractivity contribution in [2.24, 2.45) is 17.8 Å². The highest BCUT2D eigenvalue weighted by molar-refractivity contribution is 5.90. The normalized spacial score (nSPS) is 24.7. The van der Waals surface area contributed by atoms with Gasteiger partial charge in [0.05, 0.1) is 0 Å². The standard InChI is InChI=1S/C13H22N2.C7H13N.C6H11NO/c1-9-5-4-6-12(7-9)10(2)13-8-14-11(3)15-13;1-4-6(2)5-7(3)8;1-5-2-3-6(8)7-4-5/h8-10,12H,4-7H2,1-3H3,(H,14,15);5,8H,4H2,1-3H3;5H,2-4H2,1H3,(H,7,8). The Morgan fingerprint density at radius 2 is 1.97 bits per heavy atom. The molecule has 0 bridgehead atoms. The number of hydrogen-bond acceptors (Lipinski definition) is 3. The zero-order valence-electron chi connectivity index (χ0n) is 21.0. The number of rotatable bonds is 4. The van der Waals surface area contributed by atoms with Gasteiger partial charge in [0.1, 0.15) is 5.82 Å². The zero-order valence-corrected chi connectivity index (χ0v) is 21.0. The third-order valence-electron chi connectivity index (χ3n) is 6.43. The number of piperidine rings is 1. The van der Waals surface area contributed by atoms with E-state index in [1.165, 1.54) is 37.0 Å². The van der Waals surface area contributed by atoms with Gasteiger partial charge in [-0.15, -0.1) is 0 Å². The molecular weight excluding hydrogens is 384 g/mol. The van der Waals surface area contributed by atoms with E-state index in [2.05, 4.69) is 43.0 Å². The molecule has 1 aliphatic heterocycles. The smallest absolute Gasteiger partial charge is 0.220 e. The molecule has 176 valence electrons. The van der Waals surface area contributed by atoms with Crippen molar-refractivity contribution >= 4 is 11.6 Å². The SMILES string of the molecule is CC1CCC(=O)NC1.CCC(C)=CC(C)=N.Cc1ncc(C(C)C2CCCC(C)C2)[nH]1. The molecule has 1 amide bonds. The Kier molecular flexibility index (Phi) is 12.4. The predicted molar refractivity (Wildman–Crippen MR) is 132 cm³/mol. The quantitative estimate of drug-likeness (QED) is 0.473. The van der Waals surface area contributed by atoms with Gasteiger partial charge in [-0.3, -0.25) is 4.79 Å². The first-order chi connectivity index (χ1) is 14.6. The van der Waals surface area contributed by atoms with Crippen molar-refractivity contribution < 1.29 is 4.79 Å². The van der Waals surface area contributed by atoms with E-state index in [4.69, 9.17) is 5.41 Å². The molecule has 2 aliphatic rings. The van der Waals surface area contributed by atoms with Crippen molar-refractivity contribution in [2.75, 3.05) is 6.54 Å². The summed E-state index contributed by atoms with van der Waals surface area (Å²) in [7, 11) is 0. The lowest BCUT2D eigenvalue weighted by atomic mass is 9.75. The number of nitrogens with zero attached hydrogens (tertiary/aromatic N) is 1. The van der Waals surface area contributed by atoms with E-state index in [9.17, 15) is 4.79 Å². The van der Waals surface area contributed by atoms with Crippen molar-refractivity contribution in [3.63, 3.8) is 0 Å². The van der Waals surface area contributed by atoms with Gasteiger partial charge >= 0.3 is 0 Å². The van der Waals surface area contributed by atoms with Crippen LogP contribution in [-0.2, 0) is 4.79 Å². The van der Waals surface area contributed by atoms with Gasteiger partial charge in [0.25, 0.3) is 0 Å². The molecule has 0 radical (unpaired) electrons. The predicted octanol–water partition coefficient (Wildman–Crippen LogP) is 6.56. The number of amides is 1. The van der Waals surface area contributed by atoms with Crippen LogP contribution in [0.25, 0.3) is 0 Å². The van der Waals surface area contributed by atoms with Gasteiger partial charge in [-0.05, 0) is 70.3 Å². The number of carbonyl (C=O) groups is 1. The fraction of sp³-hybridized carbons (Fsp3) is 0.731. The van der Waals surface area contributed by atoms with Gasteiger partial charge in [0.2, 0.25) is 5.91 Å². The largest absolute Gasteiger partial charge is 0.356 e. The van der Waals surface area contributed by atoms with Gasteiger partial charge in [-0.25, -0.2) is 4.98 Å². The Labute approximate surface area is 190 Å². The number of nitrogens with one attached hydrogen (secondary N) is 3. The Hall–Kier alpha value is -1.91. The molecule has 1 saturated carbocycles. The summed E-state index contributed by atoms with van der Waals surface area (Å²) < 4.78 is 0. The number of imidazole rings is 1. The summed E-state index contributed by atoms with van der Waals surface area (Å²) in [6, 6.07) is 0. The maximum absolute atomic E-state index is 10.5. The molecule has 0 aromatic carbocycles. The molecular formula is C26H46N4O. The van der Waals surface area contributed by atoms with Crippen LogP contribution < -0.4 is 5.32 Å². The fourth-order valence-corrected chi connectivity index (χ4v) is 4.19. The highest BCUT2D eigenvalue weighted by atomic mass is 16.1. The number of aromatic amines is 1. The Morgan fingerprint density at radius 3 is 2.39 bits per heavy atom. The third-order valence-corrected chi connectivity index (χ3v) is 6.43. The molecule has 1 saturated heterocycles. The summed E-state index contributed by atoms with van der Waals surface area (Å²) in [5.74, 6) is 4.36. The van der Waals surface area contributed by atoms with Gasteiger partial charge in [0.15, 0.2) is 0 Å². The second kappa shape index (κ2) is 14.2. The summed E-state index contributed by atoms with van der Waals surface area (Å²) in [5.41, 5.74) is 3.24. The van der Waals surface area contributed by atoms with E-state index in [-0.39, 0.29) is 5.91 Å². The molecule has 5 nitrogen and oxygen atoms in total. The minimum Gasteiger partial charge on any atom is -0.356 e. The fourth-order valence-electron chi connectivity index (χ4n) is 4.19. The number of allylic oxidation sites excluding steroid dienone is 2. The molecule has 4 unspecified atom stereocenters. The van der Waals surface area contributed by atoms with Gasteiger partial charge in [-0.2, -0.15) is 0 Å². The zero-order chi connectivity index (χ0) is 23.4. The van der Waals surface area contributed by atoms with Crippen molar-refractivity contribution in [1.82, 2.24) is 15.3 Å². The first-order valence-electron chi connectivity index (χ1n) is 12.1. The molecule has 1 aromatic rings. The van der Waals surface area contributed by atoms with Gasteiger partial charge in [-0.1, -0.05) is 46.1 Å². The number of carbonyl (C=O) groups excluding carboxylic acids is 1. The molecule has 2 heterocycles. The van der Waals surface area contributed by atoms with E-state index in [1.54, 1.807) is 6.92 Å². The minimum absolute atomic E-state index is 0.211. The molecule has 2 fully saturated rings. The number of hydrogen-bond donors (Lipinski definition) is 3. The van der Waals surface area contributed by atoms with Gasteiger partial charge < -0.3 is 15.7 Å². The van der Waals surface area contributed by atoms with Crippen LogP contribution in [0.3, 0.4) is 0 Å². The number of H-pyrrole nitrogens is 1. The maximum atomic E-state index is 10.5. The highest BCUT2D eigenvalue weighted by Gasteiger charge is 2.25. The van der Waals surface area contributed by atoms with E-state index in [0.717, 1.165) is 43.5 Å². The van der Waals surface area contributed by atoms with Gasteiger partial charge in [0, 0.05) is 36.5 Å². The molecule has 3 rings (SSSR count). The van der Waals surface area contributed by atoms with Crippen molar-refractivity contribution in [3.05, 3.63) is 29.4 Å². The van der Waals surface area contributed by atoms with Crippen LogP contribution >= 0.6 is 0 Å². The van der Waals surface area contributed by atoms with E-state index in [0.29, 0.717) is 17.5 Å². The topological polar surface area (TPSA) is 81.6 Å². The summed E-state index contributed by atoms with van der Waals surface area (Å²) in [6.07, 6.45) is 12.3. The number of aromatic nitrogens is 2. The Balaban J connectivity index is 0.000000256. The lowest BCUT2D eigenvalue weighted by molar-refractivity contribution is -0.122. The van der Waals surface area contributed by atoms with E-state index >= 15 is 0 Å². The van der Waals surface area contributed by atoms with Crippen molar-refractivity contribution in [3.8, 4) is 0 Å². The van der Waals surface area contributed by atoms with E-state index in [1.807, 2.05) is 26.1 Å². The number of aryl methyl sites for hydroxylation is 1. The molecule has 4 atom stereocenters. The van der Waals surface area contributed by atoms with Crippen molar-refractivity contribution in [1.29, 1.82) is 5.41 Å². The van der Waals surface area contributed by atoms with E-state index < -0.39 is 0 Å². The lowest BCUT2D eigenvalue weighted by Crippen LogP contribution is -2.33. The lowest BCUT2D eigenvalue weighted by Gasteiger charge is -2.30. The Bertz CT molecular complexity index is 696. The first-order valence-corrected chi connectivity index (χ1v) is 12.1. The summed E-state index contributed by atoms with van der Waals surface area (Å²) >= 11 is 0. The molecule has 1 aliphatic carbocycles. The van der Waals surface area contributed by atoms with Crippen LogP contribution in [0, 0.1) is 30.1 Å². The monoisotopic (exact) mass is 430 g/mol. The Morgan fingerprint density at radius 1 is 1.26 bits per heavy atom. The molecule has 1 aromatic heterocycles. The summed E-state index contributed by atoms with van der Waals surface area (Å²) in [4.78, 5) is 18.2. The summed E-state index contributed by atoms with van der Waals surface area (Å²) in [6.45, 7) is 15.7. The van der Waals surface area contributed by atoms with Crippen LogP contribution in [0.5, 0.6) is 0 Å². The van der Waals surface area contributed by atoms with Crippen LogP contribution in [0.1, 0.15) is 104 Å². The minimum atomic E-state index is 0.211. The van der Waals surface area contributed by atoms with Crippen LogP contribution in [0.15, 0.2) is 17.8 Å². The average Bonchev–Trinajstić information content (AvgIpc) is 3.16. The van der Waals surface area contributed by atoms with Crippen molar-refractivity contribution in [2.45, 2.75) is 99.3 Å². The summed E-state index contributed by atoms with van der Waals surface area (Å²) in [5, 5.41) is 9.84. The van der Waals surface area contributed by atoms with Crippen LogP contribution in [0.4, 0.5) is 0 Å². The van der Waals surface area contributed by atoms with Crippen LogP contribution in [-0.4, -0.2) is 28.1 Å². The molecule has 3 N–H and O–H groups in total. The first kappa shape index (κ1) is 27.1. The second-order valence-corrected chi connectivity index (χ2v) is 9.72.